The lowest BCUT2D eigenvalue weighted by molar-refractivity contribution is -0.0352. The number of aryl methyl sites for hydroxylation is 3. The fourth-order valence-electron chi connectivity index (χ4n) is 3.82. The maximum absolute atomic E-state index is 6.04. The van der Waals surface area contributed by atoms with Gasteiger partial charge in [-0.25, -0.2) is 0 Å². The van der Waals surface area contributed by atoms with Crippen molar-refractivity contribution in [2.75, 3.05) is 26.3 Å². The lowest BCUT2D eigenvalue weighted by Gasteiger charge is -2.31. The maximum atomic E-state index is 6.04. The standard InChI is InChI=1S/C22H28ClN5O2/c1-16-17(13-26(2)24-16)14-28-8-10-30-22(15-28)21-12-19(27(3)25-21)7-9-29-20-6-4-5-18(23)11-20/h4-6,11-13,22H,7-10,14-15H2,1-3H3. The monoisotopic (exact) mass is 429 g/mol. The lowest BCUT2D eigenvalue weighted by atomic mass is 10.1. The van der Waals surface area contributed by atoms with Crippen LogP contribution in [0.25, 0.3) is 0 Å². The number of nitrogens with zero attached hydrogens (tertiary/aromatic N) is 5. The van der Waals surface area contributed by atoms with Crippen molar-refractivity contribution < 1.29 is 9.47 Å². The predicted molar refractivity (Wildman–Crippen MR) is 116 cm³/mol. The molecule has 0 saturated carbocycles. The van der Waals surface area contributed by atoms with E-state index in [4.69, 9.17) is 26.2 Å². The Bertz CT molecular complexity index is 999. The zero-order chi connectivity index (χ0) is 21.1. The summed E-state index contributed by atoms with van der Waals surface area (Å²) in [5.74, 6) is 0.779. The summed E-state index contributed by atoms with van der Waals surface area (Å²) in [5.41, 5.74) is 4.44. The number of aromatic nitrogens is 4. The molecular weight excluding hydrogens is 402 g/mol. The summed E-state index contributed by atoms with van der Waals surface area (Å²) in [5, 5.41) is 9.83. The Morgan fingerprint density at radius 3 is 2.87 bits per heavy atom. The van der Waals surface area contributed by atoms with Crippen molar-refractivity contribution in [2.45, 2.75) is 26.0 Å². The van der Waals surface area contributed by atoms with Crippen molar-refractivity contribution >= 4 is 11.6 Å². The Labute approximate surface area is 182 Å². The first kappa shape index (κ1) is 20.9. The third-order valence-corrected chi connectivity index (χ3v) is 5.64. The van der Waals surface area contributed by atoms with E-state index >= 15 is 0 Å². The number of benzene rings is 1. The molecule has 0 amide bonds. The smallest absolute Gasteiger partial charge is 0.120 e. The minimum Gasteiger partial charge on any atom is -0.493 e. The molecule has 3 heterocycles. The van der Waals surface area contributed by atoms with Crippen LogP contribution in [0, 0.1) is 6.92 Å². The van der Waals surface area contributed by atoms with E-state index in [1.807, 2.05) is 47.7 Å². The van der Waals surface area contributed by atoms with Crippen molar-refractivity contribution in [2.24, 2.45) is 14.1 Å². The van der Waals surface area contributed by atoms with Crippen LogP contribution in [0.5, 0.6) is 5.75 Å². The maximum Gasteiger partial charge on any atom is 0.120 e. The summed E-state index contributed by atoms with van der Waals surface area (Å²) in [6.45, 7) is 5.95. The highest BCUT2D eigenvalue weighted by molar-refractivity contribution is 6.30. The van der Waals surface area contributed by atoms with Gasteiger partial charge in [-0.2, -0.15) is 10.2 Å². The minimum absolute atomic E-state index is 0.0236. The average molecular weight is 430 g/mol. The van der Waals surface area contributed by atoms with Crippen LogP contribution in [-0.4, -0.2) is 50.8 Å². The highest BCUT2D eigenvalue weighted by atomic mass is 35.5. The van der Waals surface area contributed by atoms with Crippen molar-refractivity contribution in [1.82, 2.24) is 24.5 Å². The molecule has 160 valence electrons. The van der Waals surface area contributed by atoms with Gasteiger partial charge in [0.05, 0.1) is 24.6 Å². The molecule has 0 aliphatic carbocycles. The van der Waals surface area contributed by atoms with Gasteiger partial charge in [-0.15, -0.1) is 0 Å². The number of ether oxygens (including phenoxy) is 2. The van der Waals surface area contributed by atoms with Crippen molar-refractivity contribution in [3.63, 3.8) is 0 Å². The van der Waals surface area contributed by atoms with Crippen LogP contribution in [0.4, 0.5) is 0 Å². The molecule has 1 unspecified atom stereocenters. The van der Waals surface area contributed by atoms with E-state index in [2.05, 4.69) is 29.2 Å². The van der Waals surface area contributed by atoms with Gasteiger partial charge in [0.25, 0.3) is 0 Å². The number of halogens is 1. The quantitative estimate of drug-likeness (QED) is 0.576. The predicted octanol–water partition coefficient (Wildman–Crippen LogP) is 3.31. The molecule has 1 aromatic carbocycles. The molecule has 1 aliphatic heterocycles. The fourth-order valence-corrected chi connectivity index (χ4v) is 4.00. The second kappa shape index (κ2) is 9.20. The topological polar surface area (TPSA) is 57.3 Å². The van der Waals surface area contributed by atoms with Crippen molar-refractivity contribution in [1.29, 1.82) is 0 Å². The van der Waals surface area contributed by atoms with Gasteiger partial charge in [-0.1, -0.05) is 17.7 Å². The van der Waals surface area contributed by atoms with Crippen LogP contribution in [0.15, 0.2) is 36.5 Å². The van der Waals surface area contributed by atoms with Crippen molar-refractivity contribution in [3.05, 3.63) is 64.2 Å². The molecule has 4 rings (SSSR count). The molecule has 1 aliphatic rings. The largest absolute Gasteiger partial charge is 0.493 e. The minimum atomic E-state index is -0.0236. The lowest BCUT2D eigenvalue weighted by Crippen LogP contribution is -2.38. The number of hydrogen-bond donors (Lipinski definition) is 0. The molecule has 2 aromatic heterocycles. The van der Waals surface area contributed by atoms with Crippen LogP contribution in [0.3, 0.4) is 0 Å². The molecule has 0 radical (unpaired) electrons. The second-order valence-corrected chi connectivity index (χ2v) is 8.18. The summed E-state index contributed by atoms with van der Waals surface area (Å²) < 4.78 is 15.7. The van der Waals surface area contributed by atoms with E-state index in [1.54, 1.807) is 0 Å². The molecule has 0 spiro atoms. The summed E-state index contributed by atoms with van der Waals surface area (Å²) >= 11 is 6.01. The van der Waals surface area contributed by atoms with Gasteiger partial charge >= 0.3 is 0 Å². The highest BCUT2D eigenvalue weighted by Crippen LogP contribution is 2.24. The third-order valence-electron chi connectivity index (χ3n) is 5.41. The van der Waals surface area contributed by atoms with Crippen LogP contribution < -0.4 is 4.74 Å². The van der Waals surface area contributed by atoms with E-state index in [0.29, 0.717) is 18.2 Å². The Morgan fingerprint density at radius 2 is 2.10 bits per heavy atom. The van der Waals surface area contributed by atoms with Gasteiger partial charge in [-0.05, 0) is 31.2 Å². The summed E-state index contributed by atoms with van der Waals surface area (Å²) in [6, 6.07) is 9.59. The van der Waals surface area contributed by atoms with Crippen LogP contribution in [-0.2, 0) is 31.8 Å². The average Bonchev–Trinajstić information content (AvgIpc) is 3.23. The zero-order valence-electron chi connectivity index (χ0n) is 17.7. The first-order chi connectivity index (χ1) is 14.5. The van der Waals surface area contributed by atoms with Gasteiger partial charge in [0, 0.05) is 62.6 Å². The van der Waals surface area contributed by atoms with Crippen LogP contribution in [0.1, 0.15) is 28.7 Å². The van der Waals surface area contributed by atoms with E-state index in [-0.39, 0.29) is 6.10 Å². The van der Waals surface area contributed by atoms with Gasteiger partial charge in [0.1, 0.15) is 11.9 Å². The normalized spacial score (nSPS) is 17.4. The Hall–Kier alpha value is -2.35. The molecule has 0 bridgehead atoms. The van der Waals surface area contributed by atoms with E-state index in [1.165, 1.54) is 5.56 Å². The van der Waals surface area contributed by atoms with Gasteiger partial charge < -0.3 is 9.47 Å². The molecule has 30 heavy (non-hydrogen) atoms. The summed E-state index contributed by atoms with van der Waals surface area (Å²) in [7, 11) is 3.93. The zero-order valence-corrected chi connectivity index (χ0v) is 18.5. The first-order valence-electron chi connectivity index (χ1n) is 10.2. The van der Waals surface area contributed by atoms with Crippen LogP contribution in [0.2, 0.25) is 5.02 Å². The van der Waals surface area contributed by atoms with Gasteiger partial charge in [-0.3, -0.25) is 14.3 Å². The van der Waals surface area contributed by atoms with Gasteiger partial charge in [0.15, 0.2) is 0 Å². The van der Waals surface area contributed by atoms with Crippen molar-refractivity contribution in [3.8, 4) is 5.75 Å². The second-order valence-electron chi connectivity index (χ2n) is 7.75. The highest BCUT2D eigenvalue weighted by Gasteiger charge is 2.25. The molecule has 3 aromatic rings. The summed E-state index contributed by atoms with van der Waals surface area (Å²) in [4.78, 5) is 2.41. The van der Waals surface area contributed by atoms with Crippen LogP contribution >= 0.6 is 11.6 Å². The van der Waals surface area contributed by atoms with E-state index in [0.717, 1.165) is 48.9 Å². The summed E-state index contributed by atoms with van der Waals surface area (Å²) in [6.07, 6.45) is 2.84. The number of hydrogen-bond acceptors (Lipinski definition) is 5. The molecule has 8 heteroatoms. The molecule has 1 fully saturated rings. The Kier molecular flexibility index (Phi) is 6.41. The van der Waals surface area contributed by atoms with Gasteiger partial charge in [0.2, 0.25) is 0 Å². The SMILES string of the molecule is Cc1nn(C)cc1CN1CCOC(c2cc(CCOc3cccc(Cl)c3)n(C)n2)C1. The Balaban J connectivity index is 1.35. The molecular formula is C22H28ClN5O2. The third kappa shape index (κ3) is 5.03. The Morgan fingerprint density at radius 1 is 1.23 bits per heavy atom. The number of rotatable bonds is 7. The molecule has 7 nitrogen and oxygen atoms in total. The molecule has 0 N–H and O–H groups in total. The number of morpholine rings is 1. The first-order valence-corrected chi connectivity index (χ1v) is 10.6. The fraction of sp³-hybridized carbons (Fsp3) is 0.455. The van der Waals surface area contributed by atoms with E-state index < -0.39 is 0 Å². The molecule has 1 atom stereocenters. The molecule has 1 saturated heterocycles. The van der Waals surface area contributed by atoms with E-state index in [9.17, 15) is 0 Å².